The number of nitrogens with one attached hydrogen (secondary N) is 1. The molecule has 0 bridgehead atoms. The summed E-state index contributed by atoms with van der Waals surface area (Å²) in [7, 11) is -3.50. The second-order valence-corrected chi connectivity index (χ2v) is 3.97. The molecule has 0 radical (unpaired) electrons. The van der Waals surface area contributed by atoms with Gasteiger partial charge in [0, 0.05) is 6.54 Å². The highest BCUT2D eigenvalue weighted by Gasteiger charge is 2.38. The summed E-state index contributed by atoms with van der Waals surface area (Å²) in [6, 6.07) is -0.611. The minimum absolute atomic E-state index is 0.193. The molecule has 1 atom stereocenters. The summed E-state index contributed by atoms with van der Waals surface area (Å²) in [5, 5.41) is 0. The van der Waals surface area contributed by atoms with Crippen molar-refractivity contribution in [2.45, 2.75) is 19.9 Å². The molecule has 1 N–H and O–H groups in total. The van der Waals surface area contributed by atoms with Crippen molar-refractivity contribution in [3.8, 4) is 0 Å². The Labute approximate surface area is 65.6 Å². The third kappa shape index (κ3) is 1.23. The van der Waals surface area contributed by atoms with Crippen LogP contribution in [-0.4, -0.2) is 31.2 Å². The fourth-order valence-electron chi connectivity index (χ4n) is 0.998. The summed E-state index contributed by atoms with van der Waals surface area (Å²) in [4.78, 5) is 11.0. The van der Waals surface area contributed by atoms with Crippen LogP contribution in [0.5, 0.6) is 0 Å². The van der Waals surface area contributed by atoms with Crippen LogP contribution in [0, 0.1) is 0 Å². The Bertz CT molecular complexity index is 271. The third-order valence-electron chi connectivity index (χ3n) is 1.52. The topological polar surface area (TPSA) is 66.5 Å². The number of hydrogen-bond donors (Lipinski definition) is 1. The van der Waals surface area contributed by atoms with E-state index in [1.54, 1.807) is 6.92 Å². The number of carbonyl (C=O) groups is 1. The zero-order valence-electron chi connectivity index (χ0n) is 6.36. The maximum atomic E-state index is 11.0. The summed E-state index contributed by atoms with van der Waals surface area (Å²) >= 11 is 0. The molecule has 11 heavy (non-hydrogen) atoms. The van der Waals surface area contributed by atoms with Crippen molar-refractivity contribution in [1.82, 2.24) is 9.03 Å². The molecule has 0 saturated carbocycles. The standard InChI is InChI=1S/C5H10N2O3S/c1-3-7-5(8)4(2)6-11(7,9)10/h4,6H,3H2,1-2H3/t4-/m0/s1. The van der Waals surface area contributed by atoms with Crippen LogP contribution >= 0.6 is 0 Å². The number of likely N-dealkylation sites (N-methyl/N-ethyl adjacent to an activating group) is 1. The van der Waals surface area contributed by atoms with Crippen LogP contribution in [0.1, 0.15) is 13.8 Å². The summed E-state index contributed by atoms with van der Waals surface area (Å²) < 4.78 is 25.0. The van der Waals surface area contributed by atoms with E-state index in [1.807, 2.05) is 0 Å². The van der Waals surface area contributed by atoms with Crippen LogP contribution in [0.3, 0.4) is 0 Å². The molecule has 0 unspecified atom stereocenters. The van der Waals surface area contributed by atoms with E-state index in [2.05, 4.69) is 4.72 Å². The van der Waals surface area contributed by atoms with Gasteiger partial charge in [0.1, 0.15) is 6.04 Å². The Morgan fingerprint density at radius 3 is 2.36 bits per heavy atom. The van der Waals surface area contributed by atoms with Crippen molar-refractivity contribution in [2.75, 3.05) is 6.54 Å². The zero-order valence-corrected chi connectivity index (χ0v) is 7.18. The average Bonchev–Trinajstić information content (AvgIpc) is 2.03. The van der Waals surface area contributed by atoms with Gasteiger partial charge in [-0.3, -0.25) is 4.79 Å². The highest BCUT2D eigenvalue weighted by atomic mass is 32.2. The second kappa shape index (κ2) is 2.46. The van der Waals surface area contributed by atoms with E-state index in [1.165, 1.54) is 6.92 Å². The van der Waals surface area contributed by atoms with Gasteiger partial charge in [-0.25, -0.2) is 4.31 Å². The molecule has 1 amide bonds. The summed E-state index contributed by atoms with van der Waals surface area (Å²) in [5.41, 5.74) is 0. The first-order valence-corrected chi connectivity index (χ1v) is 4.77. The molecular weight excluding hydrogens is 168 g/mol. The monoisotopic (exact) mass is 178 g/mol. The lowest BCUT2D eigenvalue weighted by Crippen LogP contribution is -2.31. The van der Waals surface area contributed by atoms with Crippen LogP contribution in [-0.2, 0) is 15.0 Å². The van der Waals surface area contributed by atoms with Gasteiger partial charge in [-0.15, -0.1) is 0 Å². The van der Waals surface area contributed by atoms with Gasteiger partial charge in [0.15, 0.2) is 0 Å². The summed E-state index contributed by atoms with van der Waals surface area (Å²) in [5.74, 6) is -0.382. The SMILES string of the molecule is CCN1C(=O)[C@H](C)NS1(=O)=O. The Kier molecular flexibility index (Phi) is 1.89. The molecule has 1 fully saturated rings. The molecule has 6 heteroatoms. The predicted octanol–water partition coefficient (Wildman–Crippen LogP) is -0.929. The van der Waals surface area contributed by atoms with Crippen LogP contribution in [0.2, 0.25) is 0 Å². The van der Waals surface area contributed by atoms with Gasteiger partial charge in [-0.05, 0) is 13.8 Å². The normalized spacial score (nSPS) is 29.5. The van der Waals surface area contributed by atoms with Crippen molar-refractivity contribution in [3.63, 3.8) is 0 Å². The van der Waals surface area contributed by atoms with E-state index >= 15 is 0 Å². The van der Waals surface area contributed by atoms with E-state index in [0.29, 0.717) is 0 Å². The zero-order chi connectivity index (χ0) is 8.65. The van der Waals surface area contributed by atoms with Crippen molar-refractivity contribution in [1.29, 1.82) is 0 Å². The fraction of sp³-hybridized carbons (Fsp3) is 0.800. The van der Waals surface area contributed by atoms with Gasteiger partial charge in [-0.1, -0.05) is 0 Å². The molecule has 0 aromatic carbocycles. The van der Waals surface area contributed by atoms with Gasteiger partial charge in [0.25, 0.3) is 5.91 Å². The third-order valence-corrected chi connectivity index (χ3v) is 3.19. The molecule has 64 valence electrons. The summed E-state index contributed by atoms with van der Waals surface area (Å²) in [6.45, 7) is 3.34. The van der Waals surface area contributed by atoms with E-state index in [4.69, 9.17) is 0 Å². The molecule has 0 aromatic rings. The number of nitrogens with zero attached hydrogens (tertiary/aromatic N) is 1. The van der Waals surface area contributed by atoms with E-state index in [-0.39, 0.29) is 12.5 Å². The van der Waals surface area contributed by atoms with Crippen molar-refractivity contribution < 1.29 is 13.2 Å². The number of carbonyl (C=O) groups excluding carboxylic acids is 1. The first kappa shape index (κ1) is 8.48. The molecular formula is C5H10N2O3S. The predicted molar refractivity (Wildman–Crippen MR) is 38.9 cm³/mol. The van der Waals surface area contributed by atoms with Crippen LogP contribution in [0.25, 0.3) is 0 Å². The molecule has 1 heterocycles. The van der Waals surface area contributed by atoms with Crippen LogP contribution in [0.4, 0.5) is 0 Å². The van der Waals surface area contributed by atoms with E-state index in [0.717, 1.165) is 4.31 Å². The Morgan fingerprint density at radius 1 is 1.64 bits per heavy atom. The molecule has 0 aromatic heterocycles. The Hall–Kier alpha value is -0.620. The Morgan fingerprint density at radius 2 is 2.18 bits per heavy atom. The molecule has 0 spiro atoms. The van der Waals surface area contributed by atoms with E-state index in [9.17, 15) is 13.2 Å². The quantitative estimate of drug-likeness (QED) is 0.564. The van der Waals surface area contributed by atoms with Gasteiger partial charge in [0.05, 0.1) is 0 Å². The maximum absolute atomic E-state index is 11.0. The van der Waals surface area contributed by atoms with Crippen LogP contribution < -0.4 is 4.72 Å². The lowest BCUT2D eigenvalue weighted by Gasteiger charge is -2.09. The van der Waals surface area contributed by atoms with Gasteiger partial charge < -0.3 is 0 Å². The largest absolute Gasteiger partial charge is 0.304 e. The highest BCUT2D eigenvalue weighted by molar-refractivity contribution is 7.88. The van der Waals surface area contributed by atoms with Gasteiger partial charge >= 0.3 is 10.2 Å². The minimum Gasteiger partial charge on any atom is -0.272 e. The smallest absolute Gasteiger partial charge is 0.272 e. The van der Waals surface area contributed by atoms with E-state index < -0.39 is 16.3 Å². The number of hydrogen-bond acceptors (Lipinski definition) is 3. The fourth-order valence-corrected chi connectivity index (χ4v) is 2.41. The Balaban J connectivity index is 3.01. The van der Waals surface area contributed by atoms with Gasteiger partial charge in [-0.2, -0.15) is 13.1 Å². The highest BCUT2D eigenvalue weighted by Crippen LogP contribution is 2.10. The number of amides is 1. The molecule has 1 aliphatic rings. The molecule has 5 nitrogen and oxygen atoms in total. The summed E-state index contributed by atoms with van der Waals surface area (Å²) in [6.07, 6.45) is 0. The molecule has 1 rings (SSSR count). The molecule has 1 aliphatic heterocycles. The second-order valence-electron chi connectivity index (χ2n) is 2.35. The molecule has 0 aliphatic carbocycles. The van der Waals surface area contributed by atoms with Crippen molar-refractivity contribution in [2.24, 2.45) is 0 Å². The van der Waals surface area contributed by atoms with Crippen molar-refractivity contribution in [3.05, 3.63) is 0 Å². The minimum atomic E-state index is -3.50. The molecule has 1 saturated heterocycles. The lowest BCUT2D eigenvalue weighted by atomic mass is 10.3. The average molecular weight is 178 g/mol. The van der Waals surface area contributed by atoms with Gasteiger partial charge in [0.2, 0.25) is 0 Å². The first-order chi connectivity index (χ1) is 4.99. The first-order valence-electron chi connectivity index (χ1n) is 3.33. The van der Waals surface area contributed by atoms with Crippen molar-refractivity contribution >= 4 is 16.1 Å². The maximum Gasteiger partial charge on any atom is 0.304 e. The van der Waals surface area contributed by atoms with Crippen LogP contribution in [0.15, 0.2) is 0 Å². The number of rotatable bonds is 1. The lowest BCUT2D eigenvalue weighted by molar-refractivity contribution is -0.126.